The van der Waals surface area contributed by atoms with Gasteiger partial charge in [0.1, 0.15) is 17.7 Å². The second-order valence-corrected chi connectivity index (χ2v) is 9.82. The summed E-state index contributed by atoms with van der Waals surface area (Å²) in [7, 11) is 0. The van der Waals surface area contributed by atoms with Gasteiger partial charge in [-0.05, 0) is 81.9 Å². The summed E-state index contributed by atoms with van der Waals surface area (Å²) >= 11 is 0. The first-order chi connectivity index (χ1) is 21.8. The summed E-state index contributed by atoms with van der Waals surface area (Å²) in [6.07, 6.45) is -9.80. The molecule has 4 aromatic carbocycles. The Hall–Kier alpha value is -6.86. The summed E-state index contributed by atoms with van der Waals surface area (Å²) in [6.45, 7) is 0. The number of fused-ring (bicyclic) bond motifs is 3. The van der Waals surface area contributed by atoms with Gasteiger partial charge in [-0.15, -0.1) is 0 Å². The standard InChI is InChI=1S/C34H10F6N6/c35-33(36,37)30-7-17(1-3-19(30)11-41)24-9-26-27-10-25(18-2-4-20(12-42)31(8-18)34(38,39)40)22(14-44)6-29(27)32(23(15-45)16-46)28(26)5-21(24)13-43/h1-10H. The molecule has 1 aliphatic carbocycles. The molecule has 0 aliphatic heterocycles. The smallest absolute Gasteiger partial charge is 0.192 e. The molecular weight excluding hydrogens is 606 g/mol. The van der Waals surface area contributed by atoms with E-state index in [9.17, 15) is 57.9 Å². The molecule has 0 radical (unpaired) electrons. The molecule has 0 amide bonds. The Balaban J connectivity index is 1.87. The molecule has 1 aliphatic rings. The minimum Gasteiger partial charge on any atom is -0.192 e. The SMILES string of the molecule is N#CC(C#N)=C1c2cc(C#N)c(-c3ccc(C#N)c(C(F)(F)F)c3)cc2-c2cc(-c3ccc(C#N)c(C(F)(F)F)c3)c(C#N)cc21. The van der Waals surface area contributed by atoms with E-state index in [0.29, 0.717) is 12.1 Å². The van der Waals surface area contributed by atoms with Gasteiger partial charge in [0.15, 0.2) is 0 Å². The third kappa shape index (κ3) is 4.94. The highest BCUT2D eigenvalue weighted by Crippen LogP contribution is 2.50. The van der Waals surface area contributed by atoms with Crippen molar-refractivity contribution in [3.63, 3.8) is 0 Å². The lowest BCUT2D eigenvalue weighted by Gasteiger charge is -2.14. The molecule has 5 rings (SSSR count). The van der Waals surface area contributed by atoms with Gasteiger partial charge < -0.3 is 0 Å². The summed E-state index contributed by atoms with van der Waals surface area (Å²) < 4.78 is 82.7. The van der Waals surface area contributed by atoms with Crippen molar-refractivity contribution < 1.29 is 26.3 Å². The van der Waals surface area contributed by atoms with Crippen LogP contribution in [-0.2, 0) is 12.4 Å². The molecule has 46 heavy (non-hydrogen) atoms. The van der Waals surface area contributed by atoms with Crippen LogP contribution >= 0.6 is 0 Å². The number of hydrogen-bond donors (Lipinski definition) is 0. The van der Waals surface area contributed by atoms with E-state index < -0.39 is 40.2 Å². The molecule has 0 atom stereocenters. The van der Waals surface area contributed by atoms with Gasteiger partial charge in [0.2, 0.25) is 0 Å². The third-order valence-corrected chi connectivity index (χ3v) is 7.37. The molecule has 0 saturated heterocycles. The van der Waals surface area contributed by atoms with Gasteiger partial charge in [-0.1, -0.05) is 12.1 Å². The number of halogens is 6. The van der Waals surface area contributed by atoms with Crippen LogP contribution in [0.5, 0.6) is 0 Å². The highest BCUT2D eigenvalue weighted by molar-refractivity contribution is 6.07. The van der Waals surface area contributed by atoms with Gasteiger partial charge in [0, 0.05) is 16.7 Å². The average molecular weight is 616 g/mol. The van der Waals surface area contributed by atoms with Crippen LogP contribution in [-0.4, -0.2) is 0 Å². The molecule has 0 unspecified atom stereocenters. The van der Waals surface area contributed by atoms with E-state index >= 15 is 0 Å². The van der Waals surface area contributed by atoms with E-state index in [0.717, 1.165) is 12.1 Å². The van der Waals surface area contributed by atoms with Crippen LogP contribution in [0.1, 0.15) is 44.5 Å². The average Bonchev–Trinajstić information content (AvgIpc) is 3.34. The second kappa shape index (κ2) is 11.0. The predicted octanol–water partition coefficient (Wildman–Crippen LogP) is 8.37. The Morgan fingerprint density at radius 1 is 0.435 bits per heavy atom. The normalized spacial score (nSPS) is 11.5. The minimum absolute atomic E-state index is 0.00236. The summed E-state index contributed by atoms with van der Waals surface area (Å²) in [4.78, 5) is 0. The molecule has 0 spiro atoms. The van der Waals surface area contributed by atoms with Crippen molar-refractivity contribution in [3.8, 4) is 69.8 Å². The Bertz CT molecular complexity index is 2140. The van der Waals surface area contributed by atoms with E-state index in [1.54, 1.807) is 12.1 Å². The lowest BCUT2D eigenvalue weighted by molar-refractivity contribution is -0.138. The van der Waals surface area contributed by atoms with Crippen molar-refractivity contribution in [2.24, 2.45) is 0 Å². The first kappa shape index (κ1) is 30.6. The van der Waals surface area contributed by atoms with Gasteiger partial charge in [-0.2, -0.15) is 57.9 Å². The van der Waals surface area contributed by atoms with Crippen LogP contribution in [0.4, 0.5) is 26.3 Å². The summed E-state index contributed by atoms with van der Waals surface area (Å²) in [6, 6.07) is 21.3. The Morgan fingerprint density at radius 2 is 0.804 bits per heavy atom. The quantitative estimate of drug-likeness (QED) is 0.144. The monoisotopic (exact) mass is 616 g/mol. The molecule has 4 aromatic rings. The minimum atomic E-state index is -4.90. The molecule has 0 saturated carbocycles. The second-order valence-electron chi connectivity index (χ2n) is 9.82. The van der Waals surface area contributed by atoms with Crippen molar-refractivity contribution in [1.82, 2.24) is 0 Å². The summed E-state index contributed by atoms with van der Waals surface area (Å²) in [5, 5.41) is 57.8. The Labute approximate surface area is 256 Å². The van der Waals surface area contributed by atoms with Crippen LogP contribution in [0.25, 0.3) is 39.0 Å². The van der Waals surface area contributed by atoms with Gasteiger partial charge in [0.25, 0.3) is 0 Å². The van der Waals surface area contributed by atoms with E-state index in [4.69, 9.17) is 0 Å². The van der Waals surface area contributed by atoms with E-state index in [1.165, 1.54) is 48.5 Å². The highest BCUT2D eigenvalue weighted by atomic mass is 19.4. The third-order valence-electron chi connectivity index (χ3n) is 7.37. The molecule has 0 heterocycles. The van der Waals surface area contributed by atoms with Gasteiger partial charge >= 0.3 is 12.4 Å². The largest absolute Gasteiger partial charge is 0.417 e. The highest BCUT2D eigenvalue weighted by Gasteiger charge is 2.36. The van der Waals surface area contributed by atoms with Crippen molar-refractivity contribution in [2.45, 2.75) is 12.4 Å². The van der Waals surface area contributed by atoms with Crippen LogP contribution in [0.15, 0.2) is 66.2 Å². The van der Waals surface area contributed by atoms with Crippen LogP contribution in [0, 0.1) is 68.0 Å². The van der Waals surface area contributed by atoms with Crippen LogP contribution in [0.3, 0.4) is 0 Å². The zero-order chi connectivity index (χ0) is 33.6. The molecule has 0 aromatic heterocycles. The zero-order valence-corrected chi connectivity index (χ0v) is 22.7. The number of alkyl halides is 6. The fraction of sp³-hybridized carbons (Fsp3) is 0.0588. The topological polar surface area (TPSA) is 143 Å². The summed E-state index contributed by atoms with van der Waals surface area (Å²) in [5.41, 5.74) is -3.84. The Morgan fingerprint density at radius 3 is 1.11 bits per heavy atom. The maximum absolute atomic E-state index is 13.8. The van der Waals surface area contributed by atoms with Gasteiger partial charge in [0.05, 0.1) is 57.7 Å². The number of allylic oxidation sites excluding steroid dienone is 1. The fourth-order valence-electron chi connectivity index (χ4n) is 5.36. The predicted molar refractivity (Wildman–Crippen MR) is 149 cm³/mol. The van der Waals surface area contributed by atoms with Gasteiger partial charge in [-0.3, -0.25) is 0 Å². The molecule has 12 heteroatoms. The maximum Gasteiger partial charge on any atom is 0.417 e. The number of nitrogens with zero attached hydrogens (tertiary/aromatic N) is 6. The zero-order valence-electron chi connectivity index (χ0n) is 22.7. The van der Waals surface area contributed by atoms with E-state index in [-0.39, 0.29) is 61.2 Å². The van der Waals surface area contributed by atoms with Crippen molar-refractivity contribution >= 4 is 5.57 Å². The maximum atomic E-state index is 13.8. The first-order valence-electron chi connectivity index (χ1n) is 12.8. The van der Waals surface area contributed by atoms with E-state index in [1.807, 2.05) is 12.1 Å². The molecule has 0 fully saturated rings. The molecule has 218 valence electrons. The summed E-state index contributed by atoms with van der Waals surface area (Å²) in [5.74, 6) is 0. The van der Waals surface area contributed by atoms with Crippen LogP contribution < -0.4 is 0 Å². The van der Waals surface area contributed by atoms with Crippen molar-refractivity contribution in [2.75, 3.05) is 0 Å². The van der Waals surface area contributed by atoms with Crippen LogP contribution in [0.2, 0.25) is 0 Å². The lowest BCUT2D eigenvalue weighted by atomic mass is 9.90. The lowest BCUT2D eigenvalue weighted by Crippen LogP contribution is -2.08. The molecule has 0 N–H and O–H groups in total. The van der Waals surface area contributed by atoms with Gasteiger partial charge in [-0.25, -0.2) is 0 Å². The van der Waals surface area contributed by atoms with E-state index in [2.05, 4.69) is 0 Å². The number of benzene rings is 4. The molecule has 0 bridgehead atoms. The number of hydrogen-bond acceptors (Lipinski definition) is 6. The number of nitriles is 6. The van der Waals surface area contributed by atoms with Crippen molar-refractivity contribution in [3.05, 3.63) is 111 Å². The molecule has 6 nitrogen and oxygen atoms in total. The first-order valence-corrected chi connectivity index (χ1v) is 12.8. The fourth-order valence-corrected chi connectivity index (χ4v) is 5.36. The number of rotatable bonds is 2. The van der Waals surface area contributed by atoms with Crippen molar-refractivity contribution in [1.29, 1.82) is 31.6 Å². The Kier molecular flexibility index (Phi) is 7.32. The molecular formula is C34H10F6N6.